The molecule has 2 N–H and O–H groups in total. The Balaban J connectivity index is 0.00000144. The standard InChI is InChI=1S/C10H15NO.ClH/c1-3-11-8(2)9-5-4-6-10(12)7-9;/h4-8,11-12H,3H2,1-2H3;1H. The molecule has 0 bridgehead atoms. The first kappa shape index (κ1) is 12.3. The monoisotopic (exact) mass is 201 g/mol. The Hall–Kier alpha value is -0.730. The van der Waals surface area contributed by atoms with Gasteiger partial charge in [-0.1, -0.05) is 19.1 Å². The van der Waals surface area contributed by atoms with Gasteiger partial charge in [-0.3, -0.25) is 0 Å². The molecule has 0 aliphatic rings. The maximum absolute atomic E-state index is 9.20. The van der Waals surface area contributed by atoms with Gasteiger partial charge in [-0.2, -0.15) is 0 Å². The lowest BCUT2D eigenvalue weighted by molar-refractivity contribution is 0.472. The number of phenolic OH excluding ortho intramolecular Hbond substituents is 1. The summed E-state index contributed by atoms with van der Waals surface area (Å²) >= 11 is 0. The lowest BCUT2D eigenvalue weighted by Gasteiger charge is -2.12. The second-order valence-corrected chi connectivity index (χ2v) is 2.87. The molecule has 0 aliphatic carbocycles. The van der Waals surface area contributed by atoms with Gasteiger partial charge >= 0.3 is 0 Å². The summed E-state index contributed by atoms with van der Waals surface area (Å²) in [6.45, 7) is 5.09. The summed E-state index contributed by atoms with van der Waals surface area (Å²) in [5.41, 5.74) is 1.12. The number of benzene rings is 1. The van der Waals surface area contributed by atoms with Gasteiger partial charge in [0.05, 0.1) is 0 Å². The SMILES string of the molecule is CCNC(C)c1cccc(O)c1.Cl. The molecule has 0 aliphatic heterocycles. The minimum absolute atomic E-state index is 0. The van der Waals surface area contributed by atoms with Crippen LogP contribution in [0.2, 0.25) is 0 Å². The van der Waals surface area contributed by atoms with Crippen molar-refractivity contribution in [1.29, 1.82) is 0 Å². The number of phenols is 1. The Kier molecular flexibility index (Phi) is 5.51. The van der Waals surface area contributed by atoms with Gasteiger partial charge in [0.25, 0.3) is 0 Å². The third-order valence-corrected chi connectivity index (χ3v) is 1.88. The molecule has 0 spiro atoms. The van der Waals surface area contributed by atoms with Crippen LogP contribution in [0.5, 0.6) is 5.75 Å². The van der Waals surface area contributed by atoms with Crippen LogP contribution in [0.25, 0.3) is 0 Å². The normalized spacial score (nSPS) is 11.8. The van der Waals surface area contributed by atoms with Crippen molar-refractivity contribution in [2.45, 2.75) is 19.9 Å². The van der Waals surface area contributed by atoms with Crippen LogP contribution in [0.3, 0.4) is 0 Å². The summed E-state index contributed by atoms with van der Waals surface area (Å²) in [7, 11) is 0. The average Bonchev–Trinajstić information content (AvgIpc) is 2.05. The second-order valence-electron chi connectivity index (χ2n) is 2.87. The largest absolute Gasteiger partial charge is 0.508 e. The van der Waals surface area contributed by atoms with Gasteiger partial charge in [-0.15, -0.1) is 12.4 Å². The fraction of sp³-hybridized carbons (Fsp3) is 0.400. The Labute approximate surface area is 85.4 Å². The van der Waals surface area contributed by atoms with E-state index in [2.05, 4.69) is 19.2 Å². The molecule has 0 saturated heterocycles. The van der Waals surface area contributed by atoms with Crippen LogP contribution in [0, 0.1) is 0 Å². The fourth-order valence-corrected chi connectivity index (χ4v) is 1.22. The molecule has 13 heavy (non-hydrogen) atoms. The summed E-state index contributed by atoms with van der Waals surface area (Å²) in [5, 5.41) is 12.5. The maximum Gasteiger partial charge on any atom is 0.115 e. The Morgan fingerprint density at radius 2 is 2.15 bits per heavy atom. The molecule has 0 aromatic heterocycles. The number of rotatable bonds is 3. The molecule has 0 saturated carbocycles. The van der Waals surface area contributed by atoms with E-state index in [1.165, 1.54) is 0 Å². The number of halogens is 1. The van der Waals surface area contributed by atoms with Crippen LogP contribution >= 0.6 is 12.4 Å². The van der Waals surface area contributed by atoms with E-state index in [0.717, 1.165) is 12.1 Å². The number of nitrogens with one attached hydrogen (secondary N) is 1. The lowest BCUT2D eigenvalue weighted by Crippen LogP contribution is -2.17. The van der Waals surface area contributed by atoms with Gasteiger partial charge in [0.15, 0.2) is 0 Å². The van der Waals surface area contributed by atoms with E-state index in [-0.39, 0.29) is 12.4 Å². The minimum Gasteiger partial charge on any atom is -0.508 e. The van der Waals surface area contributed by atoms with E-state index in [0.29, 0.717) is 11.8 Å². The molecule has 0 amide bonds. The number of aromatic hydroxyl groups is 1. The van der Waals surface area contributed by atoms with Gasteiger partial charge in [-0.25, -0.2) is 0 Å². The van der Waals surface area contributed by atoms with Gasteiger partial charge in [0.1, 0.15) is 5.75 Å². The first-order valence-corrected chi connectivity index (χ1v) is 4.26. The highest BCUT2D eigenvalue weighted by Crippen LogP contribution is 2.17. The molecule has 1 rings (SSSR count). The number of hydrogen-bond acceptors (Lipinski definition) is 2. The van der Waals surface area contributed by atoms with E-state index < -0.39 is 0 Å². The van der Waals surface area contributed by atoms with Crippen molar-refractivity contribution < 1.29 is 5.11 Å². The van der Waals surface area contributed by atoms with Crippen molar-refractivity contribution in [1.82, 2.24) is 5.32 Å². The molecule has 1 atom stereocenters. The van der Waals surface area contributed by atoms with E-state index >= 15 is 0 Å². The van der Waals surface area contributed by atoms with Crippen LogP contribution in [0.1, 0.15) is 25.5 Å². The van der Waals surface area contributed by atoms with Gasteiger partial charge in [0, 0.05) is 6.04 Å². The summed E-state index contributed by atoms with van der Waals surface area (Å²) in [5.74, 6) is 0.331. The molecular formula is C10H16ClNO. The third kappa shape index (κ3) is 3.66. The zero-order valence-electron chi connectivity index (χ0n) is 7.95. The van der Waals surface area contributed by atoms with Crippen LogP contribution in [-0.2, 0) is 0 Å². The van der Waals surface area contributed by atoms with Crippen molar-refractivity contribution >= 4 is 12.4 Å². The third-order valence-electron chi connectivity index (χ3n) is 1.88. The van der Waals surface area contributed by atoms with E-state index in [1.54, 1.807) is 12.1 Å². The van der Waals surface area contributed by atoms with Crippen molar-refractivity contribution in [3.05, 3.63) is 29.8 Å². The van der Waals surface area contributed by atoms with Gasteiger partial charge in [0.2, 0.25) is 0 Å². The fourth-order valence-electron chi connectivity index (χ4n) is 1.22. The second kappa shape index (κ2) is 5.84. The summed E-state index contributed by atoms with van der Waals surface area (Å²) in [4.78, 5) is 0. The molecule has 1 aromatic carbocycles. The number of hydrogen-bond donors (Lipinski definition) is 2. The molecule has 2 nitrogen and oxygen atoms in total. The molecule has 1 unspecified atom stereocenters. The van der Waals surface area contributed by atoms with E-state index in [4.69, 9.17) is 0 Å². The summed E-state index contributed by atoms with van der Waals surface area (Å²) < 4.78 is 0. The molecule has 0 heterocycles. The molecule has 74 valence electrons. The highest BCUT2D eigenvalue weighted by Gasteiger charge is 2.02. The van der Waals surface area contributed by atoms with Gasteiger partial charge in [-0.05, 0) is 31.2 Å². The van der Waals surface area contributed by atoms with Crippen molar-refractivity contribution in [2.75, 3.05) is 6.54 Å². The molecule has 0 fully saturated rings. The maximum atomic E-state index is 9.20. The first-order chi connectivity index (χ1) is 5.74. The van der Waals surface area contributed by atoms with Gasteiger partial charge < -0.3 is 10.4 Å². The molecule has 1 aromatic rings. The van der Waals surface area contributed by atoms with Crippen LogP contribution < -0.4 is 5.32 Å². The zero-order chi connectivity index (χ0) is 8.97. The van der Waals surface area contributed by atoms with E-state index in [1.807, 2.05) is 12.1 Å². The minimum atomic E-state index is 0. The lowest BCUT2D eigenvalue weighted by atomic mass is 10.1. The predicted octanol–water partition coefficient (Wildman–Crippen LogP) is 2.48. The van der Waals surface area contributed by atoms with Crippen LogP contribution in [0.15, 0.2) is 24.3 Å². The predicted molar refractivity (Wildman–Crippen MR) is 57.4 cm³/mol. The Morgan fingerprint density at radius 1 is 1.46 bits per heavy atom. The summed E-state index contributed by atoms with van der Waals surface area (Å²) in [6.07, 6.45) is 0. The smallest absolute Gasteiger partial charge is 0.115 e. The van der Waals surface area contributed by atoms with Crippen molar-refractivity contribution in [3.8, 4) is 5.75 Å². The quantitative estimate of drug-likeness (QED) is 0.788. The Morgan fingerprint density at radius 3 is 2.69 bits per heavy atom. The van der Waals surface area contributed by atoms with E-state index in [9.17, 15) is 5.11 Å². The highest BCUT2D eigenvalue weighted by atomic mass is 35.5. The molecule has 3 heteroatoms. The van der Waals surface area contributed by atoms with Crippen molar-refractivity contribution in [2.24, 2.45) is 0 Å². The Bertz CT molecular complexity index is 252. The van der Waals surface area contributed by atoms with Crippen LogP contribution in [-0.4, -0.2) is 11.7 Å². The zero-order valence-corrected chi connectivity index (χ0v) is 8.77. The molecule has 0 radical (unpaired) electrons. The topological polar surface area (TPSA) is 32.3 Å². The van der Waals surface area contributed by atoms with Crippen molar-refractivity contribution in [3.63, 3.8) is 0 Å². The summed E-state index contributed by atoms with van der Waals surface area (Å²) in [6, 6.07) is 7.64. The van der Waals surface area contributed by atoms with Crippen LogP contribution in [0.4, 0.5) is 0 Å². The highest BCUT2D eigenvalue weighted by molar-refractivity contribution is 5.85. The first-order valence-electron chi connectivity index (χ1n) is 4.26. The average molecular weight is 202 g/mol. The molecular weight excluding hydrogens is 186 g/mol.